The standard InChI is InChI=1S/C7H13F2N.C2H6/c1-6-3-4-10(2)7(8,9)5-6;1-2/h6H,3-5H2,1-2H3;1-2H3. The molecule has 0 aromatic carbocycles. The lowest BCUT2D eigenvalue weighted by Gasteiger charge is -2.35. The van der Waals surface area contributed by atoms with E-state index in [1.54, 1.807) is 0 Å². The summed E-state index contributed by atoms with van der Waals surface area (Å²) in [6, 6.07) is -2.56. The summed E-state index contributed by atoms with van der Waals surface area (Å²) in [6.45, 7) is 6.40. The minimum absolute atomic E-state index is 0.0174. The third kappa shape index (κ3) is 3.05. The number of alkyl halides is 2. The predicted octanol–water partition coefficient (Wildman–Crippen LogP) is 2.97. The minimum atomic E-state index is -2.56. The molecule has 74 valence electrons. The van der Waals surface area contributed by atoms with Crippen LogP contribution >= 0.6 is 0 Å². The van der Waals surface area contributed by atoms with Gasteiger partial charge in [-0.3, -0.25) is 0 Å². The molecule has 3 heteroatoms. The lowest BCUT2D eigenvalue weighted by Crippen LogP contribution is -2.44. The molecule has 0 aliphatic carbocycles. The summed E-state index contributed by atoms with van der Waals surface area (Å²) in [5, 5.41) is 0. The Kier molecular flexibility index (Phi) is 4.68. The number of hydrogen-bond donors (Lipinski definition) is 0. The largest absolute Gasteiger partial charge is 0.304 e. The van der Waals surface area contributed by atoms with Gasteiger partial charge >= 0.3 is 6.05 Å². The van der Waals surface area contributed by atoms with E-state index in [4.69, 9.17) is 0 Å². The molecular formula is C9H19F2N. The number of likely N-dealkylation sites (tertiary alicyclic amines) is 1. The fourth-order valence-corrected chi connectivity index (χ4v) is 1.25. The van der Waals surface area contributed by atoms with E-state index in [0.717, 1.165) is 11.3 Å². The molecule has 0 N–H and O–H groups in total. The van der Waals surface area contributed by atoms with Crippen LogP contribution in [0.4, 0.5) is 8.78 Å². The summed E-state index contributed by atoms with van der Waals surface area (Å²) >= 11 is 0. The Morgan fingerprint density at radius 3 is 2.17 bits per heavy atom. The van der Waals surface area contributed by atoms with E-state index in [-0.39, 0.29) is 12.3 Å². The Morgan fingerprint density at radius 2 is 1.83 bits per heavy atom. The molecule has 1 saturated heterocycles. The van der Waals surface area contributed by atoms with Crippen LogP contribution in [-0.2, 0) is 0 Å². The zero-order valence-electron chi connectivity index (χ0n) is 8.40. The highest BCUT2D eigenvalue weighted by Gasteiger charge is 2.39. The molecule has 0 spiro atoms. The van der Waals surface area contributed by atoms with Crippen LogP contribution in [-0.4, -0.2) is 24.5 Å². The van der Waals surface area contributed by atoms with Crippen molar-refractivity contribution in [3.05, 3.63) is 0 Å². The van der Waals surface area contributed by atoms with Gasteiger partial charge < -0.3 is 0 Å². The molecule has 0 saturated carbocycles. The summed E-state index contributed by atoms with van der Waals surface area (Å²) in [6.07, 6.45) is 0.912. The van der Waals surface area contributed by atoms with Crippen LogP contribution in [0.25, 0.3) is 0 Å². The quantitative estimate of drug-likeness (QED) is 0.517. The Bertz CT molecular complexity index is 126. The van der Waals surface area contributed by atoms with Gasteiger partial charge in [0.2, 0.25) is 0 Å². The second-order valence-electron chi connectivity index (χ2n) is 3.19. The van der Waals surface area contributed by atoms with Crippen molar-refractivity contribution in [1.82, 2.24) is 4.90 Å². The zero-order valence-corrected chi connectivity index (χ0v) is 8.40. The normalized spacial score (nSPS) is 29.0. The van der Waals surface area contributed by atoms with Crippen molar-refractivity contribution in [3.8, 4) is 0 Å². The molecule has 0 amide bonds. The topological polar surface area (TPSA) is 3.24 Å². The van der Waals surface area contributed by atoms with Crippen molar-refractivity contribution in [2.75, 3.05) is 13.6 Å². The average Bonchev–Trinajstić information content (AvgIpc) is 2.01. The molecule has 12 heavy (non-hydrogen) atoms. The van der Waals surface area contributed by atoms with Gasteiger partial charge in [0.15, 0.2) is 0 Å². The van der Waals surface area contributed by atoms with Crippen molar-refractivity contribution in [2.24, 2.45) is 5.92 Å². The van der Waals surface area contributed by atoms with Crippen LogP contribution in [0, 0.1) is 5.92 Å². The zero-order chi connectivity index (χ0) is 9.78. The SMILES string of the molecule is CC.CC1CCN(C)C(F)(F)C1. The molecule has 1 aliphatic rings. The third-order valence-electron chi connectivity index (χ3n) is 2.11. The smallest absolute Gasteiger partial charge is 0.248 e. The first kappa shape index (κ1) is 11.8. The Morgan fingerprint density at radius 1 is 1.33 bits per heavy atom. The molecule has 1 rings (SSSR count). The number of rotatable bonds is 0. The molecule has 1 fully saturated rings. The molecule has 1 unspecified atom stereocenters. The molecule has 1 aliphatic heterocycles. The number of hydrogen-bond acceptors (Lipinski definition) is 1. The number of nitrogens with zero attached hydrogens (tertiary/aromatic N) is 1. The molecule has 0 aromatic rings. The van der Waals surface area contributed by atoms with Crippen LogP contribution in [0.1, 0.15) is 33.6 Å². The first-order chi connectivity index (χ1) is 5.52. The lowest BCUT2D eigenvalue weighted by atomic mass is 9.98. The van der Waals surface area contributed by atoms with Crippen LogP contribution in [0.3, 0.4) is 0 Å². The van der Waals surface area contributed by atoms with Gasteiger partial charge in [0.05, 0.1) is 0 Å². The van der Waals surface area contributed by atoms with Crippen LogP contribution in [0.2, 0.25) is 0 Å². The van der Waals surface area contributed by atoms with Crippen molar-refractivity contribution >= 4 is 0 Å². The molecule has 0 radical (unpaired) electrons. The lowest BCUT2D eigenvalue weighted by molar-refractivity contribution is -0.166. The molecule has 0 aromatic heterocycles. The van der Waals surface area contributed by atoms with Gasteiger partial charge in [-0.15, -0.1) is 0 Å². The highest BCUT2D eigenvalue weighted by atomic mass is 19.3. The van der Waals surface area contributed by atoms with Crippen molar-refractivity contribution in [3.63, 3.8) is 0 Å². The summed E-state index contributed by atoms with van der Waals surface area (Å²) < 4.78 is 25.5. The van der Waals surface area contributed by atoms with Crippen LogP contribution in [0.5, 0.6) is 0 Å². The Hall–Kier alpha value is -0.180. The van der Waals surface area contributed by atoms with Gasteiger partial charge in [-0.1, -0.05) is 20.8 Å². The second-order valence-corrected chi connectivity index (χ2v) is 3.19. The van der Waals surface area contributed by atoms with E-state index < -0.39 is 6.05 Å². The molecule has 0 bridgehead atoms. The fraction of sp³-hybridized carbons (Fsp3) is 1.00. The van der Waals surface area contributed by atoms with E-state index in [1.807, 2.05) is 20.8 Å². The number of halogens is 2. The van der Waals surface area contributed by atoms with Crippen molar-refractivity contribution in [1.29, 1.82) is 0 Å². The Labute approximate surface area is 73.7 Å². The summed E-state index contributed by atoms with van der Waals surface area (Å²) in [7, 11) is 1.48. The van der Waals surface area contributed by atoms with Gasteiger partial charge in [0.1, 0.15) is 0 Å². The predicted molar refractivity (Wildman–Crippen MR) is 47.3 cm³/mol. The first-order valence-electron chi connectivity index (χ1n) is 4.61. The Balaban J connectivity index is 0.000000561. The van der Waals surface area contributed by atoms with Gasteiger partial charge in [0, 0.05) is 13.0 Å². The van der Waals surface area contributed by atoms with E-state index in [2.05, 4.69) is 0 Å². The van der Waals surface area contributed by atoms with E-state index >= 15 is 0 Å². The maximum Gasteiger partial charge on any atom is 0.304 e. The third-order valence-corrected chi connectivity index (χ3v) is 2.11. The molecule has 1 heterocycles. The van der Waals surface area contributed by atoms with E-state index in [1.165, 1.54) is 7.05 Å². The van der Waals surface area contributed by atoms with Gasteiger partial charge in [-0.05, 0) is 19.4 Å². The monoisotopic (exact) mass is 179 g/mol. The highest BCUT2D eigenvalue weighted by Crippen LogP contribution is 2.32. The molecule has 1 atom stereocenters. The summed E-state index contributed by atoms with van der Waals surface area (Å²) in [5.74, 6) is 0.172. The van der Waals surface area contributed by atoms with Crippen LogP contribution < -0.4 is 0 Å². The first-order valence-corrected chi connectivity index (χ1v) is 4.61. The molecular weight excluding hydrogens is 160 g/mol. The fourth-order valence-electron chi connectivity index (χ4n) is 1.25. The van der Waals surface area contributed by atoms with E-state index in [9.17, 15) is 8.78 Å². The maximum atomic E-state index is 12.8. The van der Waals surface area contributed by atoms with Gasteiger partial charge in [0.25, 0.3) is 0 Å². The van der Waals surface area contributed by atoms with Crippen LogP contribution in [0.15, 0.2) is 0 Å². The highest BCUT2D eigenvalue weighted by molar-refractivity contribution is 4.75. The molecule has 1 nitrogen and oxygen atoms in total. The van der Waals surface area contributed by atoms with Gasteiger partial charge in [-0.2, -0.15) is 8.78 Å². The van der Waals surface area contributed by atoms with Crippen molar-refractivity contribution in [2.45, 2.75) is 39.7 Å². The van der Waals surface area contributed by atoms with E-state index in [0.29, 0.717) is 6.54 Å². The maximum absolute atomic E-state index is 12.8. The van der Waals surface area contributed by atoms with Gasteiger partial charge in [-0.25, -0.2) is 4.90 Å². The summed E-state index contributed by atoms with van der Waals surface area (Å²) in [5.41, 5.74) is 0. The average molecular weight is 179 g/mol. The summed E-state index contributed by atoms with van der Waals surface area (Å²) in [4.78, 5) is 1.13. The van der Waals surface area contributed by atoms with Crippen molar-refractivity contribution < 1.29 is 8.78 Å². The second kappa shape index (κ2) is 4.75. The minimum Gasteiger partial charge on any atom is -0.248 e. The number of piperidine rings is 1.